The number of sulfonamides is 1. The molecule has 21 heavy (non-hydrogen) atoms. The number of hydrogen-bond donors (Lipinski definition) is 0. The van der Waals surface area contributed by atoms with Crippen molar-refractivity contribution in [3.05, 3.63) is 54.6 Å². The summed E-state index contributed by atoms with van der Waals surface area (Å²) in [6.07, 6.45) is 1.39. The zero-order valence-electron chi connectivity index (χ0n) is 11.4. The quantitative estimate of drug-likeness (QED) is 0.630. The average Bonchev–Trinajstić information content (AvgIpc) is 2.49. The standard InChI is InChI=1S/C15H14N2O3S/c1-2-17(13-8-4-3-5-9-13)21(19,20)15-11-7-6-10-14(15)16-12-18/h3-11H,2H2,1H3. The van der Waals surface area contributed by atoms with Gasteiger partial charge in [0, 0.05) is 6.54 Å². The first kappa shape index (κ1) is 15.0. The number of carbonyl (C=O) groups excluding carboxylic acids is 1. The number of nitrogens with zero attached hydrogens (tertiary/aromatic N) is 2. The Labute approximate surface area is 123 Å². The van der Waals surface area contributed by atoms with Crippen LogP contribution in [-0.4, -0.2) is 21.0 Å². The molecule has 0 aliphatic carbocycles. The first-order valence-corrected chi connectivity index (χ1v) is 7.80. The third kappa shape index (κ3) is 3.02. The molecule has 0 unspecified atom stereocenters. The molecule has 2 aromatic carbocycles. The maximum Gasteiger partial charge on any atom is 0.266 e. The van der Waals surface area contributed by atoms with Crippen LogP contribution in [0.1, 0.15) is 6.92 Å². The van der Waals surface area contributed by atoms with Gasteiger partial charge in [0.25, 0.3) is 10.0 Å². The van der Waals surface area contributed by atoms with Crippen molar-refractivity contribution in [2.24, 2.45) is 4.99 Å². The summed E-state index contributed by atoms with van der Waals surface area (Å²) in [4.78, 5) is 13.9. The second-order valence-corrected chi connectivity index (χ2v) is 6.01. The molecule has 2 rings (SSSR count). The van der Waals surface area contributed by atoms with Gasteiger partial charge in [-0.1, -0.05) is 30.3 Å². The Morgan fingerprint density at radius 3 is 2.29 bits per heavy atom. The van der Waals surface area contributed by atoms with Crippen LogP contribution in [0, 0.1) is 0 Å². The van der Waals surface area contributed by atoms with Gasteiger partial charge in [0.2, 0.25) is 6.08 Å². The van der Waals surface area contributed by atoms with Crippen LogP contribution < -0.4 is 4.31 Å². The van der Waals surface area contributed by atoms with Gasteiger partial charge >= 0.3 is 0 Å². The molecule has 0 bridgehead atoms. The van der Waals surface area contributed by atoms with Crippen molar-refractivity contribution >= 4 is 27.5 Å². The summed E-state index contributed by atoms with van der Waals surface area (Å²) in [5, 5.41) is 0. The molecule has 108 valence electrons. The molecule has 2 aromatic rings. The first-order valence-electron chi connectivity index (χ1n) is 6.36. The van der Waals surface area contributed by atoms with E-state index in [0.717, 1.165) is 0 Å². The van der Waals surface area contributed by atoms with Crippen LogP contribution in [0.3, 0.4) is 0 Å². The highest BCUT2D eigenvalue weighted by atomic mass is 32.2. The number of benzene rings is 2. The molecule has 0 fully saturated rings. The minimum Gasteiger partial charge on any atom is -0.267 e. The molecule has 0 spiro atoms. The summed E-state index contributed by atoms with van der Waals surface area (Å²) in [5.41, 5.74) is 0.645. The van der Waals surface area contributed by atoms with Crippen LogP contribution in [0.15, 0.2) is 64.5 Å². The molecule has 0 N–H and O–H groups in total. The Bertz CT molecular complexity index is 767. The van der Waals surface area contributed by atoms with E-state index in [4.69, 9.17) is 0 Å². The second kappa shape index (κ2) is 6.35. The van der Waals surface area contributed by atoms with Crippen molar-refractivity contribution < 1.29 is 13.2 Å². The van der Waals surface area contributed by atoms with Crippen LogP contribution in [0.25, 0.3) is 0 Å². The molecular weight excluding hydrogens is 288 g/mol. The zero-order valence-corrected chi connectivity index (χ0v) is 12.2. The minimum atomic E-state index is -3.80. The van der Waals surface area contributed by atoms with Crippen LogP contribution in [0.4, 0.5) is 11.4 Å². The second-order valence-electron chi connectivity index (χ2n) is 4.18. The highest BCUT2D eigenvalue weighted by Gasteiger charge is 2.26. The fraction of sp³-hybridized carbons (Fsp3) is 0.133. The van der Waals surface area contributed by atoms with E-state index < -0.39 is 10.0 Å². The maximum atomic E-state index is 12.8. The third-order valence-corrected chi connectivity index (χ3v) is 4.88. The van der Waals surface area contributed by atoms with Crippen molar-refractivity contribution in [2.75, 3.05) is 10.8 Å². The van der Waals surface area contributed by atoms with Crippen molar-refractivity contribution in [1.82, 2.24) is 0 Å². The van der Waals surface area contributed by atoms with Crippen molar-refractivity contribution in [3.8, 4) is 0 Å². The molecule has 0 heterocycles. The molecule has 0 saturated heterocycles. The lowest BCUT2D eigenvalue weighted by molar-refractivity contribution is 0.565. The van der Waals surface area contributed by atoms with Crippen molar-refractivity contribution in [1.29, 1.82) is 0 Å². The van der Waals surface area contributed by atoms with Crippen LogP contribution in [0.5, 0.6) is 0 Å². The number of anilines is 1. The largest absolute Gasteiger partial charge is 0.267 e. The Balaban J connectivity index is 2.58. The van der Waals surface area contributed by atoms with E-state index in [1.54, 1.807) is 43.3 Å². The lowest BCUT2D eigenvalue weighted by atomic mass is 10.3. The molecule has 0 aromatic heterocycles. The first-order chi connectivity index (χ1) is 10.1. The smallest absolute Gasteiger partial charge is 0.266 e. The lowest BCUT2D eigenvalue weighted by Gasteiger charge is -2.23. The minimum absolute atomic E-state index is 0.0148. The van der Waals surface area contributed by atoms with Gasteiger partial charge in [-0.2, -0.15) is 4.99 Å². The summed E-state index contributed by atoms with van der Waals surface area (Å²) in [7, 11) is -3.80. The molecule has 0 amide bonds. The predicted molar refractivity (Wildman–Crippen MR) is 80.9 cm³/mol. The Kier molecular flexibility index (Phi) is 4.52. The number of rotatable bonds is 5. The van der Waals surface area contributed by atoms with Crippen molar-refractivity contribution in [3.63, 3.8) is 0 Å². The molecule has 0 atom stereocenters. The van der Waals surface area contributed by atoms with Gasteiger partial charge in [-0.15, -0.1) is 0 Å². The summed E-state index contributed by atoms with van der Waals surface area (Å²) >= 11 is 0. The van der Waals surface area contributed by atoms with E-state index in [9.17, 15) is 13.2 Å². The van der Waals surface area contributed by atoms with Gasteiger partial charge in [0.15, 0.2) is 0 Å². The topological polar surface area (TPSA) is 66.8 Å². The number of isocyanates is 1. The van der Waals surface area contributed by atoms with Gasteiger partial charge in [-0.3, -0.25) is 4.31 Å². The van der Waals surface area contributed by atoms with Gasteiger partial charge in [0.05, 0.1) is 11.4 Å². The third-order valence-electron chi connectivity index (χ3n) is 2.93. The van der Waals surface area contributed by atoms with E-state index in [1.165, 1.54) is 22.5 Å². The molecule has 0 saturated carbocycles. The SMILES string of the molecule is CCN(c1ccccc1)S(=O)(=O)c1ccccc1N=C=O. The highest BCUT2D eigenvalue weighted by Crippen LogP contribution is 2.29. The number of hydrogen-bond acceptors (Lipinski definition) is 4. The normalized spacial score (nSPS) is 10.7. The van der Waals surface area contributed by atoms with E-state index in [-0.39, 0.29) is 17.1 Å². The van der Waals surface area contributed by atoms with E-state index >= 15 is 0 Å². The highest BCUT2D eigenvalue weighted by molar-refractivity contribution is 7.93. The van der Waals surface area contributed by atoms with Crippen LogP contribution >= 0.6 is 0 Å². The fourth-order valence-corrected chi connectivity index (χ4v) is 3.63. The van der Waals surface area contributed by atoms with E-state index in [1.807, 2.05) is 6.07 Å². The monoisotopic (exact) mass is 302 g/mol. The lowest BCUT2D eigenvalue weighted by Crippen LogP contribution is -2.30. The summed E-state index contributed by atoms with van der Waals surface area (Å²) in [6, 6.07) is 14.9. The van der Waals surface area contributed by atoms with Gasteiger partial charge in [-0.25, -0.2) is 13.2 Å². The fourth-order valence-electron chi connectivity index (χ4n) is 2.02. The Hall–Kier alpha value is -2.43. The van der Waals surface area contributed by atoms with Gasteiger partial charge in [-0.05, 0) is 31.2 Å². The molecular formula is C15H14N2O3S. The zero-order chi connectivity index (χ0) is 15.3. The van der Waals surface area contributed by atoms with Crippen LogP contribution in [-0.2, 0) is 14.8 Å². The van der Waals surface area contributed by atoms with Gasteiger partial charge < -0.3 is 0 Å². The summed E-state index contributed by atoms with van der Waals surface area (Å²) < 4.78 is 26.9. The van der Waals surface area contributed by atoms with E-state index in [2.05, 4.69) is 4.99 Å². The van der Waals surface area contributed by atoms with Crippen molar-refractivity contribution in [2.45, 2.75) is 11.8 Å². The molecule has 6 heteroatoms. The average molecular weight is 302 g/mol. The van der Waals surface area contributed by atoms with Gasteiger partial charge in [0.1, 0.15) is 4.90 Å². The van der Waals surface area contributed by atoms with Crippen LogP contribution in [0.2, 0.25) is 0 Å². The summed E-state index contributed by atoms with van der Waals surface area (Å²) in [6.45, 7) is 2.02. The Morgan fingerprint density at radius 2 is 1.67 bits per heavy atom. The molecule has 5 nitrogen and oxygen atoms in total. The molecule has 0 aliphatic rings. The number of aliphatic imine (C=N–C) groups is 1. The molecule has 0 aliphatic heterocycles. The predicted octanol–water partition coefficient (Wildman–Crippen LogP) is 2.87. The molecule has 0 radical (unpaired) electrons. The summed E-state index contributed by atoms with van der Waals surface area (Å²) in [5.74, 6) is 0. The van der Waals surface area contributed by atoms with E-state index in [0.29, 0.717) is 5.69 Å². The number of para-hydroxylation sites is 2. The maximum absolute atomic E-state index is 12.8. The Morgan fingerprint density at radius 1 is 1.05 bits per heavy atom.